The number of carboxylic acid groups (broad SMARTS) is 1. The van der Waals surface area contributed by atoms with Gasteiger partial charge in [0, 0.05) is 26.3 Å². The van der Waals surface area contributed by atoms with Crippen molar-refractivity contribution in [2.24, 2.45) is 0 Å². The van der Waals surface area contributed by atoms with E-state index in [2.05, 4.69) is 4.98 Å². The van der Waals surface area contributed by atoms with E-state index in [0.29, 0.717) is 24.2 Å². The second kappa shape index (κ2) is 5.54. The number of nitrogens with zero attached hydrogens (tertiary/aromatic N) is 2. The molecule has 6 heteroatoms. The molecule has 0 aromatic carbocycles. The fourth-order valence-electron chi connectivity index (χ4n) is 2.11. The summed E-state index contributed by atoms with van der Waals surface area (Å²) in [5.74, 6) is -0.574. The number of aromatic carboxylic acids is 1. The Hall–Kier alpha value is -1.33. The van der Waals surface area contributed by atoms with Crippen molar-refractivity contribution in [2.45, 2.75) is 18.9 Å². The lowest BCUT2D eigenvalue weighted by molar-refractivity contribution is 0.0696. The quantitative estimate of drug-likeness (QED) is 0.852. The lowest BCUT2D eigenvalue weighted by Crippen LogP contribution is -2.38. The fraction of sp³-hybridized carbons (Fsp3) is 0.500. The van der Waals surface area contributed by atoms with Crippen molar-refractivity contribution in [3.8, 4) is 0 Å². The van der Waals surface area contributed by atoms with Crippen LogP contribution in [0.2, 0.25) is 5.15 Å². The van der Waals surface area contributed by atoms with Crippen LogP contribution in [0.3, 0.4) is 0 Å². The molecule has 2 heterocycles. The van der Waals surface area contributed by atoms with Gasteiger partial charge in [0.15, 0.2) is 0 Å². The molecule has 1 aromatic rings. The van der Waals surface area contributed by atoms with Crippen LogP contribution in [0.25, 0.3) is 0 Å². The van der Waals surface area contributed by atoms with Crippen molar-refractivity contribution in [3.63, 3.8) is 0 Å². The molecule has 98 valence electrons. The Balaban J connectivity index is 2.30. The summed E-state index contributed by atoms with van der Waals surface area (Å²) >= 11 is 5.85. The zero-order chi connectivity index (χ0) is 13.1. The molecule has 1 fully saturated rings. The predicted octanol–water partition coefficient (Wildman–Crippen LogP) is 2.05. The Labute approximate surface area is 110 Å². The van der Waals surface area contributed by atoms with Crippen LogP contribution in [-0.4, -0.2) is 42.4 Å². The molecule has 1 aliphatic rings. The van der Waals surface area contributed by atoms with E-state index in [1.54, 1.807) is 0 Å². The van der Waals surface area contributed by atoms with E-state index in [1.807, 2.05) is 11.9 Å². The number of hydrogen-bond acceptors (Lipinski definition) is 4. The lowest BCUT2D eigenvalue weighted by atomic mass is 10.1. The second-order valence-corrected chi connectivity index (χ2v) is 4.65. The third-order valence-electron chi connectivity index (χ3n) is 3.14. The molecule has 1 aliphatic heterocycles. The van der Waals surface area contributed by atoms with Crippen molar-refractivity contribution in [1.29, 1.82) is 0 Å². The van der Waals surface area contributed by atoms with Gasteiger partial charge in [-0.15, -0.1) is 0 Å². The van der Waals surface area contributed by atoms with E-state index in [4.69, 9.17) is 21.4 Å². The summed E-state index contributed by atoms with van der Waals surface area (Å²) in [4.78, 5) is 17.2. The zero-order valence-electron chi connectivity index (χ0n) is 10.1. The average molecular weight is 271 g/mol. The molecule has 0 amide bonds. The van der Waals surface area contributed by atoms with Crippen molar-refractivity contribution in [1.82, 2.24) is 4.98 Å². The highest BCUT2D eigenvalue weighted by molar-refractivity contribution is 6.29. The minimum Gasteiger partial charge on any atom is -0.478 e. The number of rotatable bonds is 3. The van der Waals surface area contributed by atoms with Gasteiger partial charge in [-0.1, -0.05) is 11.6 Å². The minimum absolute atomic E-state index is 0.174. The van der Waals surface area contributed by atoms with E-state index in [9.17, 15) is 4.79 Å². The van der Waals surface area contributed by atoms with E-state index in [0.717, 1.165) is 12.8 Å². The van der Waals surface area contributed by atoms with Crippen LogP contribution >= 0.6 is 11.6 Å². The molecule has 1 aromatic heterocycles. The molecule has 2 rings (SSSR count). The maximum absolute atomic E-state index is 11.2. The topological polar surface area (TPSA) is 62.7 Å². The summed E-state index contributed by atoms with van der Waals surface area (Å²) in [6, 6.07) is 3.22. The maximum atomic E-state index is 11.2. The van der Waals surface area contributed by atoms with Gasteiger partial charge >= 0.3 is 5.97 Å². The first kappa shape index (κ1) is 13.1. The number of anilines is 1. The number of hydrogen-bond donors (Lipinski definition) is 1. The average Bonchev–Trinajstić information content (AvgIpc) is 2.38. The molecule has 18 heavy (non-hydrogen) atoms. The van der Waals surface area contributed by atoms with Gasteiger partial charge in [0.2, 0.25) is 0 Å². The predicted molar refractivity (Wildman–Crippen MR) is 68.5 cm³/mol. The number of aromatic nitrogens is 1. The van der Waals surface area contributed by atoms with E-state index in [1.165, 1.54) is 12.1 Å². The van der Waals surface area contributed by atoms with E-state index < -0.39 is 5.97 Å². The molecule has 0 spiro atoms. The Bertz CT molecular complexity index is 447. The minimum atomic E-state index is -0.993. The van der Waals surface area contributed by atoms with E-state index in [-0.39, 0.29) is 11.6 Å². The van der Waals surface area contributed by atoms with Gasteiger partial charge in [-0.3, -0.25) is 0 Å². The summed E-state index contributed by atoms with van der Waals surface area (Å²) in [5, 5.41) is 9.47. The number of carboxylic acids is 1. The molecule has 0 aliphatic carbocycles. The monoisotopic (exact) mass is 270 g/mol. The van der Waals surface area contributed by atoms with Crippen molar-refractivity contribution in [3.05, 3.63) is 22.8 Å². The Kier molecular flexibility index (Phi) is 4.04. The van der Waals surface area contributed by atoms with Crippen LogP contribution in [-0.2, 0) is 4.74 Å². The summed E-state index contributed by atoms with van der Waals surface area (Å²) in [6.45, 7) is 1.38. The normalized spacial score (nSPS) is 16.6. The first-order chi connectivity index (χ1) is 8.59. The van der Waals surface area contributed by atoms with Crippen molar-refractivity contribution in [2.75, 3.05) is 25.2 Å². The standard InChI is InChI=1S/C12H15ClN2O3/c1-15(8-4-6-18-7-5-8)11-9(12(16)17)2-3-10(13)14-11/h2-3,8H,4-7H2,1H3,(H,16,17). The smallest absolute Gasteiger partial charge is 0.339 e. The lowest BCUT2D eigenvalue weighted by Gasteiger charge is -2.32. The highest BCUT2D eigenvalue weighted by Crippen LogP contribution is 2.24. The summed E-state index contributed by atoms with van der Waals surface area (Å²) in [5.41, 5.74) is 0.174. The largest absolute Gasteiger partial charge is 0.478 e. The Morgan fingerprint density at radius 3 is 2.78 bits per heavy atom. The van der Waals surface area contributed by atoms with Crippen molar-refractivity contribution < 1.29 is 14.6 Å². The van der Waals surface area contributed by atoms with Gasteiger partial charge in [0.1, 0.15) is 16.5 Å². The van der Waals surface area contributed by atoms with Crippen LogP contribution in [0.1, 0.15) is 23.2 Å². The number of carbonyl (C=O) groups is 1. The van der Waals surface area contributed by atoms with Gasteiger partial charge in [-0.2, -0.15) is 0 Å². The maximum Gasteiger partial charge on any atom is 0.339 e. The van der Waals surface area contributed by atoms with Crippen LogP contribution in [0.5, 0.6) is 0 Å². The van der Waals surface area contributed by atoms with E-state index >= 15 is 0 Å². The first-order valence-electron chi connectivity index (χ1n) is 5.80. The molecule has 0 saturated carbocycles. The fourth-order valence-corrected chi connectivity index (χ4v) is 2.25. The third kappa shape index (κ3) is 2.73. The molecule has 1 saturated heterocycles. The summed E-state index contributed by atoms with van der Waals surface area (Å²) in [6.07, 6.45) is 1.73. The van der Waals surface area contributed by atoms with Crippen LogP contribution in [0.4, 0.5) is 5.82 Å². The van der Waals surface area contributed by atoms with Gasteiger partial charge in [-0.25, -0.2) is 9.78 Å². The van der Waals surface area contributed by atoms with Gasteiger partial charge in [0.05, 0.1) is 0 Å². The van der Waals surface area contributed by atoms with Crippen molar-refractivity contribution >= 4 is 23.4 Å². The molecular formula is C12H15ClN2O3. The summed E-state index contributed by atoms with van der Waals surface area (Å²) in [7, 11) is 1.85. The van der Waals surface area contributed by atoms with Gasteiger partial charge in [0.25, 0.3) is 0 Å². The SMILES string of the molecule is CN(c1nc(Cl)ccc1C(=O)O)C1CCOCC1. The zero-order valence-corrected chi connectivity index (χ0v) is 10.9. The summed E-state index contributed by atoms with van der Waals surface area (Å²) < 4.78 is 5.30. The molecule has 5 nitrogen and oxygen atoms in total. The number of ether oxygens (including phenoxy) is 1. The Morgan fingerprint density at radius 2 is 2.17 bits per heavy atom. The van der Waals surface area contributed by atoms with Gasteiger partial charge in [-0.05, 0) is 25.0 Å². The van der Waals surface area contributed by atoms with Crippen LogP contribution < -0.4 is 4.90 Å². The second-order valence-electron chi connectivity index (χ2n) is 4.26. The molecule has 0 bridgehead atoms. The third-order valence-corrected chi connectivity index (χ3v) is 3.35. The highest BCUT2D eigenvalue weighted by atomic mass is 35.5. The van der Waals surface area contributed by atoms with Crippen LogP contribution in [0.15, 0.2) is 12.1 Å². The Morgan fingerprint density at radius 1 is 1.50 bits per heavy atom. The molecule has 0 unspecified atom stereocenters. The number of pyridine rings is 1. The number of halogens is 1. The first-order valence-corrected chi connectivity index (χ1v) is 6.18. The molecular weight excluding hydrogens is 256 g/mol. The highest BCUT2D eigenvalue weighted by Gasteiger charge is 2.23. The van der Waals surface area contributed by atoms with Gasteiger partial charge < -0.3 is 14.7 Å². The molecule has 0 radical (unpaired) electrons. The molecule has 0 atom stereocenters. The van der Waals surface area contributed by atoms with Crippen LogP contribution in [0, 0.1) is 0 Å². The molecule has 1 N–H and O–H groups in total.